The summed E-state index contributed by atoms with van der Waals surface area (Å²) in [6, 6.07) is 6.79. The molecule has 2 atom stereocenters. The third-order valence-electron chi connectivity index (χ3n) is 4.91. The molecule has 29 heavy (non-hydrogen) atoms. The molecule has 0 bridgehead atoms. The van der Waals surface area contributed by atoms with Crippen molar-refractivity contribution >= 4 is 18.3 Å². The molecule has 8 nitrogen and oxygen atoms in total. The smallest absolute Gasteiger partial charge is 0.251 e. The van der Waals surface area contributed by atoms with E-state index in [4.69, 9.17) is 9.26 Å². The molecular weight excluding hydrogens is 394 g/mol. The fourth-order valence-corrected chi connectivity index (χ4v) is 3.21. The number of piperazine rings is 1. The van der Waals surface area contributed by atoms with Crippen LogP contribution in [0.25, 0.3) is 0 Å². The van der Waals surface area contributed by atoms with Crippen LogP contribution in [0.15, 0.2) is 28.8 Å². The Morgan fingerprint density at radius 2 is 2.10 bits per heavy atom. The van der Waals surface area contributed by atoms with Crippen molar-refractivity contribution in [3.63, 3.8) is 0 Å². The van der Waals surface area contributed by atoms with E-state index in [1.165, 1.54) is 0 Å². The number of amides is 1. The lowest BCUT2D eigenvalue weighted by Crippen LogP contribution is -2.44. The molecular formula is C20H30ClN5O3. The molecule has 9 heteroatoms. The lowest BCUT2D eigenvalue weighted by atomic mass is 10.0. The van der Waals surface area contributed by atoms with Crippen LogP contribution in [0.2, 0.25) is 0 Å². The summed E-state index contributed by atoms with van der Waals surface area (Å²) >= 11 is 0. The molecule has 2 unspecified atom stereocenters. The fraction of sp³-hybridized carbons (Fsp3) is 0.550. The number of carbonyl (C=O) groups excluding carboxylic acids is 1. The molecule has 1 amide bonds. The van der Waals surface area contributed by atoms with E-state index < -0.39 is 0 Å². The summed E-state index contributed by atoms with van der Waals surface area (Å²) < 4.78 is 11.0. The minimum absolute atomic E-state index is 0. The van der Waals surface area contributed by atoms with Crippen molar-refractivity contribution < 1.29 is 14.1 Å². The summed E-state index contributed by atoms with van der Waals surface area (Å²) in [5.41, 5.74) is 0.560. The van der Waals surface area contributed by atoms with Crippen LogP contribution in [-0.4, -0.2) is 54.2 Å². The molecule has 2 aromatic rings. The molecule has 1 aliphatic heterocycles. The predicted octanol–water partition coefficient (Wildman–Crippen LogP) is 2.59. The summed E-state index contributed by atoms with van der Waals surface area (Å²) in [4.78, 5) is 19.5. The predicted molar refractivity (Wildman–Crippen MR) is 112 cm³/mol. The van der Waals surface area contributed by atoms with E-state index in [0.29, 0.717) is 23.9 Å². The highest BCUT2D eigenvalue weighted by Gasteiger charge is 2.29. The topological polar surface area (TPSA) is 92.5 Å². The maximum Gasteiger partial charge on any atom is 0.251 e. The highest BCUT2D eigenvalue weighted by atomic mass is 35.5. The molecule has 1 fully saturated rings. The number of nitrogens with one attached hydrogen (secondary N) is 2. The third kappa shape index (κ3) is 5.68. The Balaban J connectivity index is 0.00000300. The number of hydrogen-bond acceptors (Lipinski definition) is 7. The van der Waals surface area contributed by atoms with Crippen molar-refractivity contribution in [3.8, 4) is 5.75 Å². The average Bonchev–Trinajstić information content (AvgIpc) is 3.16. The highest BCUT2D eigenvalue weighted by Crippen LogP contribution is 2.24. The van der Waals surface area contributed by atoms with Crippen LogP contribution in [0.4, 0.5) is 0 Å². The number of rotatable bonds is 7. The summed E-state index contributed by atoms with van der Waals surface area (Å²) in [6.45, 7) is 9.20. The van der Waals surface area contributed by atoms with Crippen LogP contribution in [-0.2, 0) is 0 Å². The summed E-state index contributed by atoms with van der Waals surface area (Å²) in [7, 11) is 2.05. The first kappa shape index (κ1) is 23.1. The molecule has 1 saturated heterocycles. The largest absolute Gasteiger partial charge is 0.494 e. The number of carbonyl (C=O) groups is 1. The second-order valence-electron chi connectivity index (χ2n) is 7.34. The number of aromatic nitrogens is 2. The quantitative estimate of drug-likeness (QED) is 0.707. The van der Waals surface area contributed by atoms with Gasteiger partial charge in [0.2, 0.25) is 5.89 Å². The average molecular weight is 424 g/mol. The molecule has 2 N–H and O–H groups in total. The van der Waals surface area contributed by atoms with E-state index in [1.54, 1.807) is 24.3 Å². The molecule has 3 rings (SSSR count). The van der Waals surface area contributed by atoms with Gasteiger partial charge in [-0.25, -0.2) is 0 Å². The fourth-order valence-electron chi connectivity index (χ4n) is 3.21. The maximum absolute atomic E-state index is 12.7. The number of ether oxygens (including phenoxy) is 1. The molecule has 1 aromatic carbocycles. The molecule has 0 radical (unpaired) electrons. The van der Waals surface area contributed by atoms with Crippen molar-refractivity contribution in [2.75, 3.05) is 33.3 Å². The molecule has 0 saturated carbocycles. The van der Waals surface area contributed by atoms with Crippen molar-refractivity contribution in [2.24, 2.45) is 5.92 Å². The van der Waals surface area contributed by atoms with E-state index >= 15 is 0 Å². The van der Waals surface area contributed by atoms with Gasteiger partial charge in [0.25, 0.3) is 5.91 Å². The van der Waals surface area contributed by atoms with Crippen LogP contribution in [0.3, 0.4) is 0 Å². The second kappa shape index (κ2) is 10.6. The van der Waals surface area contributed by atoms with Gasteiger partial charge < -0.3 is 19.9 Å². The minimum Gasteiger partial charge on any atom is -0.494 e. The molecule has 1 aliphatic rings. The Morgan fingerprint density at radius 3 is 2.72 bits per heavy atom. The number of nitrogens with zero attached hydrogens (tertiary/aromatic N) is 3. The lowest BCUT2D eigenvalue weighted by Gasteiger charge is -2.30. The first-order chi connectivity index (χ1) is 13.5. The van der Waals surface area contributed by atoms with Gasteiger partial charge in [-0.15, -0.1) is 12.4 Å². The maximum atomic E-state index is 12.7. The summed E-state index contributed by atoms with van der Waals surface area (Å²) in [5, 5.41) is 10.5. The monoisotopic (exact) mass is 423 g/mol. The zero-order valence-corrected chi connectivity index (χ0v) is 18.2. The van der Waals surface area contributed by atoms with Crippen LogP contribution < -0.4 is 15.4 Å². The van der Waals surface area contributed by atoms with E-state index in [9.17, 15) is 4.79 Å². The number of hydrogen-bond donors (Lipinski definition) is 2. The zero-order chi connectivity index (χ0) is 20.1. The molecule has 160 valence electrons. The Hall–Kier alpha value is -2.16. The van der Waals surface area contributed by atoms with Gasteiger partial charge in [0, 0.05) is 25.2 Å². The van der Waals surface area contributed by atoms with Crippen LogP contribution in [0.1, 0.15) is 54.9 Å². The Bertz CT molecular complexity index is 781. The van der Waals surface area contributed by atoms with Crippen LogP contribution >= 0.6 is 12.4 Å². The van der Waals surface area contributed by atoms with Crippen molar-refractivity contribution in [1.82, 2.24) is 25.7 Å². The molecule has 0 spiro atoms. The van der Waals surface area contributed by atoms with Gasteiger partial charge in [-0.3, -0.25) is 9.69 Å². The highest BCUT2D eigenvalue weighted by molar-refractivity contribution is 5.94. The zero-order valence-electron chi connectivity index (χ0n) is 17.3. The van der Waals surface area contributed by atoms with Gasteiger partial charge in [0.15, 0.2) is 5.82 Å². The van der Waals surface area contributed by atoms with Crippen molar-refractivity contribution in [1.29, 1.82) is 0 Å². The van der Waals surface area contributed by atoms with Gasteiger partial charge in [-0.2, -0.15) is 4.98 Å². The van der Waals surface area contributed by atoms with E-state index in [-0.39, 0.29) is 36.3 Å². The first-order valence-electron chi connectivity index (χ1n) is 9.77. The van der Waals surface area contributed by atoms with Crippen molar-refractivity contribution in [3.05, 3.63) is 41.5 Å². The van der Waals surface area contributed by atoms with Gasteiger partial charge in [0.1, 0.15) is 11.8 Å². The number of likely N-dealkylation sites (N-methyl/N-ethyl adjacent to an activating group) is 1. The Morgan fingerprint density at radius 1 is 1.38 bits per heavy atom. The SMILES string of the molecule is CCOc1ccc(C(=O)NC(c2nc(C3CNCCN3C)no2)C(C)C)cc1.Cl. The van der Waals surface area contributed by atoms with Gasteiger partial charge in [0.05, 0.1) is 12.6 Å². The Kier molecular flexibility index (Phi) is 8.43. The number of benzene rings is 1. The van der Waals surface area contributed by atoms with Gasteiger partial charge >= 0.3 is 0 Å². The molecule has 2 heterocycles. The second-order valence-corrected chi connectivity index (χ2v) is 7.34. The Labute approximate surface area is 177 Å². The summed E-state index contributed by atoms with van der Waals surface area (Å²) in [5.74, 6) is 1.74. The first-order valence-corrected chi connectivity index (χ1v) is 9.77. The normalized spacial score (nSPS) is 18.2. The van der Waals surface area contributed by atoms with Crippen LogP contribution in [0, 0.1) is 5.92 Å². The number of halogens is 1. The molecule has 1 aromatic heterocycles. The van der Waals surface area contributed by atoms with E-state index in [1.807, 2.05) is 20.8 Å². The van der Waals surface area contributed by atoms with Gasteiger partial charge in [-0.05, 0) is 44.2 Å². The van der Waals surface area contributed by atoms with Gasteiger partial charge in [-0.1, -0.05) is 19.0 Å². The minimum atomic E-state index is -0.359. The third-order valence-corrected chi connectivity index (χ3v) is 4.91. The van der Waals surface area contributed by atoms with Crippen molar-refractivity contribution in [2.45, 2.75) is 32.9 Å². The standard InChI is InChI=1S/C20H29N5O3.ClH/c1-5-27-15-8-6-14(7-9-15)19(26)22-17(13(2)3)20-23-18(24-28-20)16-12-21-10-11-25(16)4;/h6-9,13,16-17,21H,5,10-12H2,1-4H3,(H,22,26);1H. The van der Waals surface area contributed by atoms with Crippen LogP contribution in [0.5, 0.6) is 5.75 Å². The van der Waals surface area contributed by atoms with E-state index in [2.05, 4.69) is 32.7 Å². The van der Waals surface area contributed by atoms with E-state index in [0.717, 1.165) is 25.4 Å². The molecule has 0 aliphatic carbocycles. The lowest BCUT2D eigenvalue weighted by molar-refractivity contribution is 0.0914. The summed E-state index contributed by atoms with van der Waals surface area (Å²) in [6.07, 6.45) is 0.